The van der Waals surface area contributed by atoms with Crippen molar-refractivity contribution in [2.75, 3.05) is 0 Å². The van der Waals surface area contributed by atoms with Crippen LogP contribution in [-0.2, 0) is 0 Å². The highest BCUT2D eigenvalue weighted by atomic mass is 35.7. The second-order valence-corrected chi connectivity index (χ2v) is 4.08. The summed E-state index contributed by atoms with van der Waals surface area (Å²) >= 11 is 0. The molecule has 1 aliphatic carbocycles. The summed E-state index contributed by atoms with van der Waals surface area (Å²) in [6, 6.07) is 0. The largest absolute Gasteiger partial charge is 0.0533 e. The molecule has 0 heterocycles. The first kappa shape index (κ1) is 7.74. The normalized spacial score (nSPS) is 23.7. The molecule has 0 aromatic heterocycles. The highest BCUT2D eigenvalue weighted by molar-refractivity contribution is 8.21. The van der Waals surface area contributed by atoms with Gasteiger partial charge in [0.05, 0.1) is 0 Å². The summed E-state index contributed by atoms with van der Waals surface area (Å²) in [4.78, 5) is 0. The minimum absolute atomic E-state index is 0.758. The first-order valence-corrected chi connectivity index (χ1v) is 5.41. The molecule has 2 heteroatoms. The maximum atomic E-state index is 5.67. The molecule has 0 N–H and O–H groups in total. The Hall–Kier alpha value is 0.640. The van der Waals surface area contributed by atoms with E-state index in [9.17, 15) is 0 Å². The Kier molecular flexibility index (Phi) is 3.83. The van der Waals surface area contributed by atoms with E-state index in [1.807, 2.05) is 0 Å². The van der Waals surface area contributed by atoms with Crippen molar-refractivity contribution in [1.29, 1.82) is 0 Å². The molecule has 0 aromatic rings. The molecular formula is C7H13ClS. The van der Waals surface area contributed by atoms with Gasteiger partial charge in [0.25, 0.3) is 0 Å². The van der Waals surface area contributed by atoms with Crippen LogP contribution in [0, 0.1) is 0 Å². The van der Waals surface area contributed by atoms with E-state index in [4.69, 9.17) is 10.7 Å². The van der Waals surface area contributed by atoms with Gasteiger partial charge < -0.3 is 0 Å². The van der Waals surface area contributed by atoms with Gasteiger partial charge in [-0.2, -0.15) is 0 Å². The molecule has 54 valence electrons. The van der Waals surface area contributed by atoms with E-state index in [0.29, 0.717) is 0 Å². The van der Waals surface area contributed by atoms with Crippen LogP contribution in [0.15, 0.2) is 0 Å². The molecule has 1 aliphatic rings. The van der Waals surface area contributed by atoms with Crippen LogP contribution in [-0.4, -0.2) is 5.25 Å². The lowest BCUT2D eigenvalue weighted by Gasteiger charge is -2.05. The van der Waals surface area contributed by atoms with E-state index in [-0.39, 0.29) is 0 Å². The van der Waals surface area contributed by atoms with E-state index >= 15 is 0 Å². The third-order valence-corrected chi connectivity index (χ3v) is 3.41. The molecule has 0 spiro atoms. The third-order valence-electron chi connectivity index (χ3n) is 1.93. The second kappa shape index (κ2) is 4.45. The van der Waals surface area contributed by atoms with Crippen molar-refractivity contribution in [3.8, 4) is 0 Å². The Morgan fingerprint density at radius 1 is 1.00 bits per heavy atom. The Morgan fingerprint density at radius 3 is 2.00 bits per heavy atom. The average Bonchev–Trinajstić information content (AvgIpc) is 2.13. The zero-order valence-corrected chi connectivity index (χ0v) is 7.18. The molecule has 1 saturated carbocycles. The van der Waals surface area contributed by atoms with Crippen molar-refractivity contribution in [2.45, 2.75) is 43.8 Å². The van der Waals surface area contributed by atoms with Crippen LogP contribution < -0.4 is 0 Å². The monoisotopic (exact) mass is 164 g/mol. The molecule has 1 rings (SSSR count). The topological polar surface area (TPSA) is 0 Å². The van der Waals surface area contributed by atoms with E-state index in [1.54, 1.807) is 0 Å². The number of halogens is 1. The quantitative estimate of drug-likeness (QED) is 0.534. The predicted octanol–water partition coefficient (Wildman–Crippen LogP) is 3.60. The smallest absolute Gasteiger partial charge is 0.0199 e. The molecule has 9 heavy (non-hydrogen) atoms. The van der Waals surface area contributed by atoms with Gasteiger partial charge >= 0.3 is 0 Å². The van der Waals surface area contributed by atoms with Crippen LogP contribution in [0.1, 0.15) is 38.5 Å². The van der Waals surface area contributed by atoms with Crippen LogP contribution in [0.25, 0.3) is 0 Å². The van der Waals surface area contributed by atoms with E-state index < -0.39 is 0 Å². The van der Waals surface area contributed by atoms with Gasteiger partial charge in [0.1, 0.15) is 0 Å². The van der Waals surface area contributed by atoms with E-state index in [0.717, 1.165) is 5.25 Å². The van der Waals surface area contributed by atoms with E-state index in [2.05, 4.69) is 0 Å². The highest BCUT2D eigenvalue weighted by Gasteiger charge is 2.10. The van der Waals surface area contributed by atoms with Crippen molar-refractivity contribution in [1.82, 2.24) is 0 Å². The lowest BCUT2D eigenvalue weighted by atomic mass is 10.2. The fraction of sp³-hybridized carbons (Fsp3) is 1.00. The summed E-state index contributed by atoms with van der Waals surface area (Å²) in [5, 5.41) is 0.758. The highest BCUT2D eigenvalue weighted by Crippen LogP contribution is 2.29. The fourth-order valence-electron chi connectivity index (χ4n) is 1.33. The standard InChI is InChI=1S/C7H13ClS/c8-9-7-5-3-1-2-4-6-7/h7H,1-6H2. The summed E-state index contributed by atoms with van der Waals surface area (Å²) in [6.45, 7) is 0. The van der Waals surface area contributed by atoms with Gasteiger partial charge in [0.15, 0.2) is 0 Å². The summed E-state index contributed by atoms with van der Waals surface area (Å²) in [5.74, 6) is 0. The molecule has 0 aliphatic heterocycles. The number of hydrogen-bond acceptors (Lipinski definition) is 1. The summed E-state index contributed by atoms with van der Waals surface area (Å²) < 4.78 is 0. The minimum Gasteiger partial charge on any atom is -0.0533 e. The Balaban J connectivity index is 2.18. The van der Waals surface area contributed by atoms with Crippen LogP contribution in [0.2, 0.25) is 0 Å². The van der Waals surface area contributed by atoms with Crippen molar-refractivity contribution in [2.24, 2.45) is 0 Å². The van der Waals surface area contributed by atoms with Gasteiger partial charge in [0.2, 0.25) is 0 Å². The molecule has 0 nitrogen and oxygen atoms in total. The van der Waals surface area contributed by atoms with Crippen LogP contribution in [0.4, 0.5) is 0 Å². The average molecular weight is 165 g/mol. The van der Waals surface area contributed by atoms with Crippen molar-refractivity contribution in [3.05, 3.63) is 0 Å². The number of hydrogen-bond donors (Lipinski definition) is 0. The molecular weight excluding hydrogens is 152 g/mol. The Morgan fingerprint density at radius 2 is 1.56 bits per heavy atom. The van der Waals surface area contributed by atoms with Crippen molar-refractivity contribution in [3.63, 3.8) is 0 Å². The van der Waals surface area contributed by atoms with Gasteiger partial charge in [-0.05, 0) is 23.5 Å². The zero-order valence-electron chi connectivity index (χ0n) is 5.61. The second-order valence-electron chi connectivity index (χ2n) is 2.70. The minimum atomic E-state index is 0.758. The molecule has 0 unspecified atom stereocenters. The van der Waals surface area contributed by atoms with Crippen LogP contribution in [0.3, 0.4) is 0 Å². The van der Waals surface area contributed by atoms with Gasteiger partial charge in [-0.1, -0.05) is 36.7 Å². The van der Waals surface area contributed by atoms with Gasteiger partial charge in [-0.15, -0.1) is 0 Å². The van der Waals surface area contributed by atoms with Gasteiger partial charge in [0, 0.05) is 5.25 Å². The maximum absolute atomic E-state index is 5.67. The van der Waals surface area contributed by atoms with Gasteiger partial charge in [-0.3, -0.25) is 0 Å². The van der Waals surface area contributed by atoms with Crippen molar-refractivity contribution >= 4 is 21.7 Å². The zero-order chi connectivity index (χ0) is 6.53. The fourth-order valence-corrected chi connectivity index (χ4v) is 2.38. The molecule has 0 radical (unpaired) electrons. The lowest BCUT2D eigenvalue weighted by Crippen LogP contribution is -1.95. The lowest BCUT2D eigenvalue weighted by molar-refractivity contribution is 0.702. The van der Waals surface area contributed by atoms with Crippen LogP contribution in [0.5, 0.6) is 0 Å². The molecule has 1 fully saturated rings. The Labute approximate surface area is 65.9 Å². The summed E-state index contributed by atoms with van der Waals surface area (Å²) in [6.07, 6.45) is 8.32. The molecule has 0 atom stereocenters. The SMILES string of the molecule is ClSC1CCCCCC1. The Bertz CT molecular complexity index is 67.3. The maximum Gasteiger partial charge on any atom is 0.0199 e. The molecule has 0 aromatic carbocycles. The summed E-state index contributed by atoms with van der Waals surface area (Å²) in [7, 11) is 7.20. The molecule has 0 saturated heterocycles. The van der Waals surface area contributed by atoms with Crippen LogP contribution >= 0.6 is 21.7 Å². The first-order valence-electron chi connectivity index (χ1n) is 3.71. The predicted molar refractivity (Wildman–Crippen MR) is 44.9 cm³/mol. The third kappa shape index (κ3) is 2.81. The molecule has 0 amide bonds. The first-order chi connectivity index (χ1) is 4.43. The number of rotatable bonds is 1. The molecule has 0 bridgehead atoms. The van der Waals surface area contributed by atoms with E-state index in [1.165, 1.54) is 49.5 Å². The van der Waals surface area contributed by atoms with Gasteiger partial charge in [-0.25, -0.2) is 0 Å². The summed E-state index contributed by atoms with van der Waals surface area (Å²) in [5.41, 5.74) is 0. The van der Waals surface area contributed by atoms with Crippen molar-refractivity contribution < 1.29 is 0 Å².